The van der Waals surface area contributed by atoms with Gasteiger partial charge in [-0.2, -0.15) is 0 Å². The van der Waals surface area contributed by atoms with E-state index in [4.69, 9.17) is 4.74 Å². The van der Waals surface area contributed by atoms with Crippen molar-refractivity contribution in [3.8, 4) is 5.75 Å². The van der Waals surface area contributed by atoms with Crippen LogP contribution >= 0.6 is 11.8 Å². The molecule has 0 unspecified atom stereocenters. The molecule has 2 amide bonds. The summed E-state index contributed by atoms with van der Waals surface area (Å²) >= 11 is 0.980. The van der Waals surface area contributed by atoms with Gasteiger partial charge in [0.05, 0.1) is 4.91 Å². The maximum absolute atomic E-state index is 12.8. The van der Waals surface area contributed by atoms with Crippen LogP contribution in [-0.2, 0) is 17.8 Å². The molecule has 0 radical (unpaired) electrons. The summed E-state index contributed by atoms with van der Waals surface area (Å²) in [5.41, 5.74) is 4.15. The molecular formula is C26H23NO3S. The molecule has 1 aliphatic rings. The van der Waals surface area contributed by atoms with Gasteiger partial charge in [-0.25, -0.2) is 0 Å². The quantitative estimate of drug-likeness (QED) is 0.442. The fraction of sp³-hybridized carbons (Fsp3) is 0.154. The molecule has 3 aromatic carbocycles. The lowest BCUT2D eigenvalue weighted by atomic mass is 10.1. The van der Waals surface area contributed by atoms with Crippen LogP contribution in [0.2, 0.25) is 0 Å². The maximum Gasteiger partial charge on any atom is 0.293 e. The minimum Gasteiger partial charge on any atom is -0.488 e. The Bertz CT molecular complexity index is 1110. The molecule has 0 spiro atoms. The van der Waals surface area contributed by atoms with Crippen molar-refractivity contribution in [3.63, 3.8) is 0 Å². The number of amides is 2. The lowest BCUT2D eigenvalue weighted by molar-refractivity contribution is -0.122. The number of hydrogen-bond acceptors (Lipinski definition) is 4. The van der Waals surface area contributed by atoms with Crippen LogP contribution in [0.3, 0.4) is 0 Å². The summed E-state index contributed by atoms with van der Waals surface area (Å²) in [5, 5.41) is -0.231. The fourth-order valence-corrected chi connectivity index (χ4v) is 4.15. The van der Waals surface area contributed by atoms with Gasteiger partial charge in [-0.05, 0) is 48.4 Å². The average Bonchev–Trinajstić information content (AvgIpc) is 3.06. The van der Waals surface area contributed by atoms with Gasteiger partial charge in [-0.3, -0.25) is 14.5 Å². The Hall–Kier alpha value is -3.31. The van der Waals surface area contributed by atoms with Crippen LogP contribution in [0.5, 0.6) is 5.75 Å². The van der Waals surface area contributed by atoms with Gasteiger partial charge >= 0.3 is 0 Å². The molecule has 0 N–H and O–H groups in total. The van der Waals surface area contributed by atoms with Crippen LogP contribution in [0, 0.1) is 6.92 Å². The van der Waals surface area contributed by atoms with Gasteiger partial charge in [0, 0.05) is 12.1 Å². The second-order valence-corrected chi connectivity index (χ2v) is 8.37. The van der Waals surface area contributed by atoms with E-state index in [2.05, 4.69) is 12.1 Å². The molecule has 0 saturated carbocycles. The first kappa shape index (κ1) is 20.9. The van der Waals surface area contributed by atoms with Crippen LogP contribution in [-0.4, -0.2) is 22.6 Å². The Morgan fingerprint density at radius 2 is 1.58 bits per heavy atom. The summed E-state index contributed by atoms with van der Waals surface area (Å²) < 4.78 is 6.00. The van der Waals surface area contributed by atoms with Crippen molar-refractivity contribution in [2.45, 2.75) is 20.0 Å². The molecule has 3 aromatic rings. The third-order valence-electron chi connectivity index (χ3n) is 5.06. The molecule has 156 valence electrons. The second-order valence-electron chi connectivity index (χ2n) is 7.38. The zero-order chi connectivity index (χ0) is 21.6. The van der Waals surface area contributed by atoms with E-state index in [0.29, 0.717) is 30.2 Å². The highest BCUT2D eigenvalue weighted by atomic mass is 32.2. The highest BCUT2D eigenvalue weighted by Crippen LogP contribution is 2.34. The summed E-state index contributed by atoms with van der Waals surface area (Å²) in [5.74, 6) is 0.429. The number of para-hydroxylation sites is 1. The SMILES string of the molecule is Cc1ccc(COc2ccccc2/C=C2\SC(=O)N(CCc3ccccc3)C2=O)cc1. The largest absolute Gasteiger partial charge is 0.488 e. The number of imide groups is 1. The molecule has 1 heterocycles. The Balaban J connectivity index is 1.46. The van der Waals surface area contributed by atoms with E-state index >= 15 is 0 Å². The van der Waals surface area contributed by atoms with Crippen molar-refractivity contribution in [1.29, 1.82) is 0 Å². The number of carbonyl (C=O) groups excluding carboxylic acids is 2. The Kier molecular flexibility index (Phi) is 6.53. The molecule has 0 atom stereocenters. The van der Waals surface area contributed by atoms with Crippen molar-refractivity contribution in [2.24, 2.45) is 0 Å². The van der Waals surface area contributed by atoms with E-state index in [0.717, 1.165) is 28.5 Å². The first-order valence-corrected chi connectivity index (χ1v) is 11.0. The smallest absolute Gasteiger partial charge is 0.293 e. The van der Waals surface area contributed by atoms with Crippen LogP contribution in [0.1, 0.15) is 22.3 Å². The normalized spacial score (nSPS) is 15.0. The van der Waals surface area contributed by atoms with Crippen LogP contribution in [0.15, 0.2) is 83.8 Å². The summed E-state index contributed by atoms with van der Waals surface area (Å²) in [6, 6.07) is 25.6. The number of aryl methyl sites for hydroxylation is 1. The summed E-state index contributed by atoms with van der Waals surface area (Å²) in [4.78, 5) is 27.0. The first-order chi connectivity index (χ1) is 15.1. The minimum atomic E-state index is -0.251. The molecule has 5 heteroatoms. The van der Waals surface area contributed by atoms with Crippen molar-refractivity contribution >= 4 is 29.0 Å². The Morgan fingerprint density at radius 1 is 0.871 bits per heavy atom. The zero-order valence-electron chi connectivity index (χ0n) is 17.3. The monoisotopic (exact) mass is 429 g/mol. The van der Waals surface area contributed by atoms with Gasteiger partial charge in [-0.15, -0.1) is 0 Å². The number of ether oxygens (including phenoxy) is 1. The lowest BCUT2D eigenvalue weighted by Crippen LogP contribution is -2.30. The number of rotatable bonds is 7. The predicted molar refractivity (Wildman–Crippen MR) is 125 cm³/mol. The van der Waals surface area contributed by atoms with Crippen molar-refractivity contribution in [3.05, 3.63) is 106 Å². The fourth-order valence-electron chi connectivity index (χ4n) is 3.30. The molecule has 1 saturated heterocycles. The first-order valence-electron chi connectivity index (χ1n) is 10.2. The van der Waals surface area contributed by atoms with E-state index < -0.39 is 0 Å². The van der Waals surface area contributed by atoms with Crippen LogP contribution in [0.25, 0.3) is 6.08 Å². The molecule has 4 rings (SSSR count). The molecule has 4 nitrogen and oxygen atoms in total. The van der Waals surface area contributed by atoms with Gasteiger partial charge < -0.3 is 4.74 Å². The number of benzene rings is 3. The molecule has 0 aromatic heterocycles. The lowest BCUT2D eigenvalue weighted by Gasteiger charge is -2.12. The standard InChI is InChI=1S/C26H23NO3S/c1-19-11-13-21(14-12-19)18-30-23-10-6-5-9-22(23)17-24-25(28)27(26(29)31-24)16-15-20-7-3-2-4-8-20/h2-14,17H,15-16,18H2,1H3/b24-17-. The van der Waals surface area contributed by atoms with Gasteiger partial charge in [0.25, 0.3) is 11.1 Å². The Morgan fingerprint density at radius 3 is 2.35 bits per heavy atom. The number of thioether (sulfide) groups is 1. The average molecular weight is 430 g/mol. The molecule has 1 fully saturated rings. The summed E-state index contributed by atoms with van der Waals surface area (Å²) in [6.07, 6.45) is 2.39. The van der Waals surface area contributed by atoms with E-state index in [1.807, 2.05) is 73.7 Å². The summed E-state index contributed by atoms with van der Waals surface area (Å²) in [7, 11) is 0. The van der Waals surface area contributed by atoms with E-state index in [-0.39, 0.29) is 11.1 Å². The third kappa shape index (κ3) is 5.25. The molecular weight excluding hydrogens is 406 g/mol. The van der Waals surface area contributed by atoms with Gasteiger partial charge in [0.1, 0.15) is 12.4 Å². The van der Waals surface area contributed by atoms with E-state index in [1.54, 1.807) is 6.08 Å². The third-order valence-corrected chi connectivity index (χ3v) is 5.97. The number of hydrogen-bond donors (Lipinski definition) is 0. The maximum atomic E-state index is 12.8. The second kappa shape index (κ2) is 9.67. The number of nitrogens with zero attached hydrogens (tertiary/aromatic N) is 1. The van der Waals surface area contributed by atoms with Gasteiger partial charge in [0.2, 0.25) is 0 Å². The zero-order valence-corrected chi connectivity index (χ0v) is 18.1. The number of carbonyl (C=O) groups is 2. The van der Waals surface area contributed by atoms with Crippen molar-refractivity contribution in [2.75, 3.05) is 6.54 Å². The minimum absolute atomic E-state index is 0.231. The topological polar surface area (TPSA) is 46.6 Å². The highest BCUT2D eigenvalue weighted by molar-refractivity contribution is 8.18. The van der Waals surface area contributed by atoms with Crippen molar-refractivity contribution < 1.29 is 14.3 Å². The van der Waals surface area contributed by atoms with E-state index in [1.165, 1.54) is 10.5 Å². The highest BCUT2D eigenvalue weighted by Gasteiger charge is 2.34. The van der Waals surface area contributed by atoms with Crippen LogP contribution < -0.4 is 4.74 Å². The van der Waals surface area contributed by atoms with Crippen LogP contribution in [0.4, 0.5) is 4.79 Å². The molecule has 0 aliphatic carbocycles. The van der Waals surface area contributed by atoms with E-state index in [9.17, 15) is 9.59 Å². The molecule has 1 aliphatic heterocycles. The van der Waals surface area contributed by atoms with Gasteiger partial charge in [0.15, 0.2) is 0 Å². The molecule has 31 heavy (non-hydrogen) atoms. The Labute approximate surface area is 186 Å². The van der Waals surface area contributed by atoms with Gasteiger partial charge in [-0.1, -0.05) is 78.4 Å². The van der Waals surface area contributed by atoms with Crippen molar-refractivity contribution in [1.82, 2.24) is 4.90 Å². The summed E-state index contributed by atoms with van der Waals surface area (Å²) in [6.45, 7) is 2.86. The molecule has 0 bridgehead atoms. The predicted octanol–water partition coefficient (Wildman–Crippen LogP) is 5.85.